The Kier molecular flexibility index (Phi) is 5.07. The molecule has 0 radical (unpaired) electrons. The number of likely N-dealkylation sites (tertiary alicyclic amines) is 1. The monoisotopic (exact) mass is 318 g/mol. The van der Waals surface area contributed by atoms with Crippen LogP contribution in [-0.2, 0) is 0 Å². The van der Waals surface area contributed by atoms with E-state index in [-0.39, 0.29) is 6.61 Å². The number of aliphatic hydroxyl groups excluding tert-OH is 1. The van der Waals surface area contributed by atoms with Gasteiger partial charge in [0.15, 0.2) is 0 Å². The van der Waals surface area contributed by atoms with E-state index in [1.807, 2.05) is 0 Å². The fraction of sp³-hybridized carbons (Fsp3) is 0.688. The summed E-state index contributed by atoms with van der Waals surface area (Å²) < 4.78 is 1.75. The molecule has 0 aliphatic carbocycles. The van der Waals surface area contributed by atoms with E-state index in [2.05, 4.69) is 45.4 Å². The van der Waals surface area contributed by atoms with E-state index in [0.29, 0.717) is 11.8 Å². The van der Waals surface area contributed by atoms with Crippen molar-refractivity contribution in [3.8, 4) is 0 Å². The lowest BCUT2D eigenvalue weighted by Gasteiger charge is -2.32. The van der Waals surface area contributed by atoms with Gasteiger partial charge in [-0.15, -0.1) is 10.2 Å². The predicted octanol–water partition coefficient (Wildman–Crippen LogP) is 1.36. The van der Waals surface area contributed by atoms with Gasteiger partial charge in [0, 0.05) is 19.6 Å². The van der Waals surface area contributed by atoms with Gasteiger partial charge in [0.2, 0.25) is 5.65 Å². The highest BCUT2D eigenvalue weighted by Gasteiger charge is 2.20. The van der Waals surface area contributed by atoms with Crippen LogP contribution in [0.2, 0.25) is 0 Å². The van der Waals surface area contributed by atoms with Gasteiger partial charge in [-0.05, 0) is 37.3 Å². The first-order valence-corrected chi connectivity index (χ1v) is 8.45. The first kappa shape index (κ1) is 16.1. The number of piperidine rings is 1. The molecule has 1 atom stereocenters. The highest BCUT2D eigenvalue weighted by atomic mass is 16.3. The van der Waals surface area contributed by atoms with Crippen LogP contribution in [-0.4, -0.2) is 62.6 Å². The minimum atomic E-state index is 0.239. The summed E-state index contributed by atoms with van der Waals surface area (Å²) in [5.74, 6) is 0.950. The Morgan fingerprint density at radius 2 is 2.30 bits per heavy atom. The summed E-state index contributed by atoms with van der Waals surface area (Å²) in [7, 11) is 0. The van der Waals surface area contributed by atoms with E-state index in [0.717, 1.165) is 43.2 Å². The molecule has 3 heterocycles. The number of hydrogen-bond donors (Lipinski definition) is 2. The maximum atomic E-state index is 9.11. The first-order chi connectivity index (χ1) is 11.2. The fourth-order valence-electron chi connectivity index (χ4n) is 3.18. The van der Waals surface area contributed by atoms with Gasteiger partial charge in [-0.2, -0.15) is 9.61 Å². The average Bonchev–Trinajstić information content (AvgIpc) is 3.01. The SMILES string of the molecule is CC(C)c1cc(NCC2CCCN(CCO)C2)c2nncn2n1. The normalized spacial score (nSPS) is 19.6. The number of β-amino-alcohol motifs (C(OH)–C–C–N with tert-alkyl or cyclic N) is 1. The molecule has 0 saturated carbocycles. The molecule has 1 aliphatic heterocycles. The van der Waals surface area contributed by atoms with Crippen molar-refractivity contribution in [2.45, 2.75) is 32.6 Å². The van der Waals surface area contributed by atoms with Crippen molar-refractivity contribution in [3.63, 3.8) is 0 Å². The molecule has 7 heteroatoms. The second kappa shape index (κ2) is 7.23. The molecule has 2 aromatic heterocycles. The number of hydrogen-bond acceptors (Lipinski definition) is 6. The lowest BCUT2D eigenvalue weighted by atomic mass is 9.98. The van der Waals surface area contributed by atoms with Gasteiger partial charge in [0.25, 0.3) is 0 Å². The van der Waals surface area contributed by atoms with Crippen molar-refractivity contribution in [1.29, 1.82) is 0 Å². The first-order valence-electron chi connectivity index (χ1n) is 8.45. The van der Waals surface area contributed by atoms with Crippen LogP contribution in [0.15, 0.2) is 12.4 Å². The maximum absolute atomic E-state index is 9.11. The van der Waals surface area contributed by atoms with E-state index in [1.54, 1.807) is 10.8 Å². The second-order valence-corrected chi connectivity index (χ2v) is 6.65. The molecule has 2 aromatic rings. The molecule has 0 bridgehead atoms. The van der Waals surface area contributed by atoms with E-state index in [1.165, 1.54) is 12.8 Å². The zero-order valence-corrected chi connectivity index (χ0v) is 13.9. The molecule has 1 aliphatic rings. The van der Waals surface area contributed by atoms with E-state index in [4.69, 9.17) is 5.11 Å². The minimum Gasteiger partial charge on any atom is -0.395 e. The summed E-state index contributed by atoms with van der Waals surface area (Å²) in [6, 6.07) is 2.09. The summed E-state index contributed by atoms with van der Waals surface area (Å²) in [4.78, 5) is 2.34. The summed E-state index contributed by atoms with van der Waals surface area (Å²) in [5, 5.41) is 25.3. The third kappa shape index (κ3) is 3.79. The molecule has 1 fully saturated rings. The Morgan fingerprint density at radius 1 is 1.43 bits per heavy atom. The molecule has 1 unspecified atom stereocenters. The highest BCUT2D eigenvalue weighted by molar-refractivity contribution is 5.66. The van der Waals surface area contributed by atoms with Gasteiger partial charge in [-0.25, -0.2) is 0 Å². The predicted molar refractivity (Wildman–Crippen MR) is 89.6 cm³/mol. The highest BCUT2D eigenvalue weighted by Crippen LogP contribution is 2.22. The number of aliphatic hydroxyl groups is 1. The Balaban J connectivity index is 1.70. The van der Waals surface area contributed by atoms with Crippen LogP contribution in [0.1, 0.15) is 38.3 Å². The van der Waals surface area contributed by atoms with Gasteiger partial charge in [-0.1, -0.05) is 13.8 Å². The van der Waals surface area contributed by atoms with Gasteiger partial charge in [0.1, 0.15) is 6.33 Å². The van der Waals surface area contributed by atoms with Crippen LogP contribution in [0.3, 0.4) is 0 Å². The second-order valence-electron chi connectivity index (χ2n) is 6.65. The molecule has 126 valence electrons. The summed E-state index contributed by atoms with van der Waals surface area (Å²) in [6.45, 7) is 8.33. The number of nitrogens with one attached hydrogen (secondary N) is 1. The standard InChI is InChI=1S/C16H26N6O/c1-12(2)14-8-15(16-19-18-11-22(16)20-14)17-9-13-4-3-5-21(10-13)6-7-23/h8,11-13,17,23H,3-7,9-10H2,1-2H3. The molecular weight excluding hydrogens is 292 g/mol. The number of rotatable bonds is 6. The summed E-state index contributed by atoms with van der Waals surface area (Å²) >= 11 is 0. The molecule has 23 heavy (non-hydrogen) atoms. The molecule has 7 nitrogen and oxygen atoms in total. The van der Waals surface area contributed by atoms with Gasteiger partial charge >= 0.3 is 0 Å². The minimum absolute atomic E-state index is 0.239. The quantitative estimate of drug-likeness (QED) is 0.837. The molecule has 0 spiro atoms. The third-order valence-electron chi connectivity index (χ3n) is 4.48. The van der Waals surface area contributed by atoms with Gasteiger partial charge < -0.3 is 15.3 Å². The Labute approximate surface area is 136 Å². The summed E-state index contributed by atoms with van der Waals surface area (Å²) in [6.07, 6.45) is 4.07. The zero-order chi connectivity index (χ0) is 16.2. The van der Waals surface area contributed by atoms with Crippen molar-refractivity contribution >= 4 is 11.3 Å². The van der Waals surface area contributed by atoms with Crippen LogP contribution >= 0.6 is 0 Å². The van der Waals surface area contributed by atoms with E-state index >= 15 is 0 Å². The van der Waals surface area contributed by atoms with Crippen LogP contribution in [0, 0.1) is 5.92 Å². The summed E-state index contributed by atoms with van der Waals surface area (Å²) in [5.41, 5.74) is 2.81. The topological polar surface area (TPSA) is 78.6 Å². The number of anilines is 1. The number of fused-ring (bicyclic) bond motifs is 1. The Hall–Kier alpha value is -1.73. The van der Waals surface area contributed by atoms with Gasteiger partial charge in [0.05, 0.1) is 18.0 Å². The van der Waals surface area contributed by atoms with Crippen molar-refractivity contribution in [3.05, 3.63) is 18.1 Å². The largest absolute Gasteiger partial charge is 0.395 e. The Morgan fingerprint density at radius 3 is 3.09 bits per heavy atom. The van der Waals surface area contributed by atoms with Crippen molar-refractivity contribution in [2.75, 3.05) is 38.1 Å². The van der Waals surface area contributed by atoms with Crippen LogP contribution in [0.25, 0.3) is 5.65 Å². The molecule has 1 saturated heterocycles. The molecule has 3 rings (SSSR count). The van der Waals surface area contributed by atoms with Crippen molar-refractivity contribution < 1.29 is 5.11 Å². The Bertz CT molecular complexity index is 639. The molecule has 2 N–H and O–H groups in total. The zero-order valence-electron chi connectivity index (χ0n) is 13.9. The van der Waals surface area contributed by atoms with Crippen molar-refractivity contribution in [1.82, 2.24) is 24.7 Å². The van der Waals surface area contributed by atoms with Crippen LogP contribution in [0.5, 0.6) is 0 Å². The lowest BCUT2D eigenvalue weighted by Crippen LogP contribution is -2.39. The number of aromatic nitrogens is 4. The van der Waals surface area contributed by atoms with Crippen molar-refractivity contribution in [2.24, 2.45) is 5.92 Å². The maximum Gasteiger partial charge on any atom is 0.200 e. The van der Waals surface area contributed by atoms with Crippen LogP contribution < -0.4 is 5.32 Å². The average molecular weight is 318 g/mol. The third-order valence-corrected chi connectivity index (χ3v) is 4.48. The van der Waals surface area contributed by atoms with E-state index < -0.39 is 0 Å². The lowest BCUT2D eigenvalue weighted by molar-refractivity contribution is 0.144. The van der Waals surface area contributed by atoms with E-state index in [9.17, 15) is 0 Å². The molecular formula is C16H26N6O. The van der Waals surface area contributed by atoms with Gasteiger partial charge in [-0.3, -0.25) is 0 Å². The fourth-order valence-corrected chi connectivity index (χ4v) is 3.18. The molecule has 0 aromatic carbocycles. The van der Waals surface area contributed by atoms with Crippen LogP contribution in [0.4, 0.5) is 5.69 Å². The smallest absolute Gasteiger partial charge is 0.200 e. The number of nitrogens with zero attached hydrogens (tertiary/aromatic N) is 5. The molecule has 0 amide bonds.